The molecular formula is C15H17N3O4. The number of benzene rings is 1. The number of carbonyl (C=O) groups excluding carboxylic acids is 2. The Hall–Kier alpha value is -2.70. The zero-order valence-electron chi connectivity index (χ0n) is 12.3. The summed E-state index contributed by atoms with van der Waals surface area (Å²) in [5.41, 5.74) is 4.58. The van der Waals surface area contributed by atoms with Crippen molar-refractivity contribution in [2.75, 3.05) is 5.32 Å². The first-order valence-electron chi connectivity index (χ1n) is 6.89. The highest BCUT2D eigenvalue weighted by atomic mass is 16.4. The summed E-state index contributed by atoms with van der Waals surface area (Å²) in [5.74, 6) is -2.95. The normalized spacial score (nSPS) is 18.9. The molecule has 1 heterocycles. The highest BCUT2D eigenvalue weighted by molar-refractivity contribution is 6.06. The molecular weight excluding hydrogens is 286 g/mol. The number of carbonyl (C=O) groups is 3. The molecule has 0 radical (unpaired) electrons. The molecule has 0 bridgehead atoms. The molecule has 0 saturated heterocycles. The Morgan fingerprint density at radius 1 is 1.36 bits per heavy atom. The summed E-state index contributed by atoms with van der Waals surface area (Å²) in [4.78, 5) is 33.6. The maximum atomic E-state index is 11.7. The zero-order valence-corrected chi connectivity index (χ0v) is 12.3. The molecule has 0 spiro atoms. The smallest absolute Gasteiger partial charge is 0.315 e. The van der Waals surface area contributed by atoms with E-state index >= 15 is 0 Å². The minimum Gasteiger partial charge on any atom is -0.481 e. The van der Waals surface area contributed by atoms with Crippen LogP contribution in [0, 0.1) is 11.8 Å². The molecule has 0 aliphatic carbocycles. The van der Waals surface area contributed by atoms with Gasteiger partial charge in [-0.15, -0.1) is 0 Å². The molecule has 2 unspecified atom stereocenters. The van der Waals surface area contributed by atoms with Crippen LogP contribution >= 0.6 is 0 Å². The predicted molar refractivity (Wildman–Crippen MR) is 80.3 cm³/mol. The van der Waals surface area contributed by atoms with Crippen LogP contribution in [0.2, 0.25) is 0 Å². The first-order valence-corrected chi connectivity index (χ1v) is 6.89. The quantitative estimate of drug-likeness (QED) is 0.726. The van der Waals surface area contributed by atoms with Crippen molar-refractivity contribution >= 4 is 29.2 Å². The minimum absolute atomic E-state index is 0.0150. The number of rotatable bonds is 4. The van der Waals surface area contributed by atoms with Gasteiger partial charge in [-0.3, -0.25) is 14.4 Å². The Balaban J connectivity index is 2.09. The van der Waals surface area contributed by atoms with E-state index in [-0.39, 0.29) is 11.8 Å². The summed E-state index contributed by atoms with van der Waals surface area (Å²) in [7, 11) is 0. The maximum absolute atomic E-state index is 11.7. The lowest BCUT2D eigenvalue weighted by Crippen LogP contribution is -2.32. The number of hydrazone groups is 1. The lowest BCUT2D eigenvalue weighted by Gasteiger charge is -2.19. The van der Waals surface area contributed by atoms with Crippen LogP contribution in [-0.2, 0) is 14.4 Å². The average Bonchev–Trinajstić information content (AvgIpc) is 2.47. The number of hydrogen-bond donors (Lipinski definition) is 3. The Morgan fingerprint density at radius 3 is 2.55 bits per heavy atom. The number of carboxylic acids is 1. The van der Waals surface area contributed by atoms with Crippen molar-refractivity contribution < 1.29 is 19.5 Å². The van der Waals surface area contributed by atoms with E-state index < -0.39 is 17.8 Å². The average molecular weight is 303 g/mol. The van der Waals surface area contributed by atoms with Gasteiger partial charge in [-0.25, -0.2) is 5.43 Å². The van der Waals surface area contributed by atoms with Gasteiger partial charge in [0, 0.05) is 18.0 Å². The number of aliphatic carboxylic acids is 1. The molecule has 3 N–H and O–H groups in total. The van der Waals surface area contributed by atoms with E-state index in [2.05, 4.69) is 15.8 Å². The fourth-order valence-electron chi connectivity index (χ4n) is 2.09. The van der Waals surface area contributed by atoms with Gasteiger partial charge in [0.05, 0.1) is 5.71 Å². The topological polar surface area (TPSA) is 108 Å². The van der Waals surface area contributed by atoms with E-state index in [1.165, 1.54) is 6.92 Å². The van der Waals surface area contributed by atoms with E-state index in [1.54, 1.807) is 24.3 Å². The fraction of sp³-hybridized carbons (Fsp3) is 0.333. The second-order valence-electron chi connectivity index (χ2n) is 5.26. The minimum atomic E-state index is -1.17. The Labute approximate surface area is 127 Å². The van der Waals surface area contributed by atoms with Crippen LogP contribution in [0.5, 0.6) is 0 Å². The number of carboxylic acid groups (broad SMARTS) is 1. The molecule has 7 nitrogen and oxygen atoms in total. The summed E-state index contributed by atoms with van der Waals surface area (Å²) in [6, 6.07) is 6.89. The second-order valence-corrected chi connectivity index (χ2v) is 5.26. The summed E-state index contributed by atoms with van der Waals surface area (Å²) in [5, 5.41) is 15.4. The number of anilines is 1. The molecule has 0 aromatic heterocycles. The molecule has 1 aromatic carbocycles. The van der Waals surface area contributed by atoms with Gasteiger partial charge in [0.15, 0.2) is 0 Å². The van der Waals surface area contributed by atoms with E-state index in [0.717, 1.165) is 11.3 Å². The predicted octanol–water partition coefficient (Wildman–Crippen LogP) is 1.21. The number of amides is 2. The summed E-state index contributed by atoms with van der Waals surface area (Å²) in [6.07, 6.45) is 0.382. The van der Waals surface area contributed by atoms with Crippen LogP contribution in [0.1, 0.15) is 25.8 Å². The van der Waals surface area contributed by atoms with E-state index in [1.807, 2.05) is 6.92 Å². The second kappa shape index (κ2) is 6.38. The van der Waals surface area contributed by atoms with Crippen molar-refractivity contribution in [3.63, 3.8) is 0 Å². The molecule has 22 heavy (non-hydrogen) atoms. The standard InChI is InChI=1S/C15H17N3O4/c1-8-7-12(19)17-18-13(8)10-3-5-11(6-4-10)16-14(20)9(2)15(21)22/h3-6,8-9H,7H2,1-2H3,(H,16,20)(H,17,19)(H,21,22). The van der Waals surface area contributed by atoms with Crippen molar-refractivity contribution in [2.45, 2.75) is 20.3 Å². The van der Waals surface area contributed by atoms with Crippen LogP contribution in [-0.4, -0.2) is 28.6 Å². The lowest BCUT2D eigenvalue weighted by molar-refractivity contribution is -0.144. The SMILES string of the molecule is CC1CC(=O)NN=C1c1ccc(NC(=O)C(C)C(=O)O)cc1. The molecule has 1 aromatic rings. The van der Waals surface area contributed by atoms with Crippen molar-refractivity contribution in [3.8, 4) is 0 Å². The van der Waals surface area contributed by atoms with Crippen molar-refractivity contribution in [2.24, 2.45) is 16.9 Å². The van der Waals surface area contributed by atoms with Crippen molar-refractivity contribution in [3.05, 3.63) is 29.8 Å². The van der Waals surface area contributed by atoms with Crippen molar-refractivity contribution in [1.82, 2.24) is 5.43 Å². The van der Waals surface area contributed by atoms with Gasteiger partial charge in [-0.05, 0) is 24.6 Å². The first-order chi connectivity index (χ1) is 10.4. The Kier molecular flexibility index (Phi) is 4.55. The zero-order chi connectivity index (χ0) is 16.3. The largest absolute Gasteiger partial charge is 0.481 e. The van der Waals surface area contributed by atoms with Gasteiger partial charge in [0.1, 0.15) is 5.92 Å². The fourth-order valence-corrected chi connectivity index (χ4v) is 2.09. The Morgan fingerprint density at radius 2 is 2.00 bits per heavy atom. The summed E-state index contributed by atoms with van der Waals surface area (Å²) >= 11 is 0. The molecule has 2 rings (SSSR count). The number of nitrogens with one attached hydrogen (secondary N) is 2. The third kappa shape index (κ3) is 3.49. The lowest BCUT2D eigenvalue weighted by atomic mass is 9.94. The monoisotopic (exact) mass is 303 g/mol. The van der Waals surface area contributed by atoms with Gasteiger partial charge in [-0.2, -0.15) is 5.10 Å². The van der Waals surface area contributed by atoms with E-state index in [9.17, 15) is 14.4 Å². The summed E-state index contributed by atoms with van der Waals surface area (Å²) in [6.45, 7) is 3.24. The third-order valence-corrected chi connectivity index (χ3v) is 3.47. The molecule has 1 aliphatic heterocycles. The van der Waals surface area contributed by atoms with Gasteiger partial charge in [0.25, 0.3) is 0 Å². The third-order valence-electron chi connectivity index (χ3n) is 3.47. The Bertz CT molecular complexity index is 637. The van der Waals surface area contributed by atoms with Gasteiger partial charge >= 0.3 is 5.97 Å². The van der Waals surface area contributed by atoms with Crippen LogP contribution in [0.25, 0.3) is 0 Å². The van der Waals surface area contributed by atoms with E-state index in [0.29, 0.717) is 12.1 Å². The van der Waals surface area contributed by atoms with Crippen molar-refractivity contribution in [1.29, 1.82) is 0 Å². The molecule has 116 valence electrons. The van der Waals surface area contributed by atoms with Crippen LogP contribution in [0.4, 0.5) is 5.69 Å². The van der Waals surface area contributed by atoms with Gasteiger partial charge in [-0.1, -0.05) is 19.1 Å². The molecule has 2 amide bonds. The first kappa shape index (κ1) is 15.7. The summed E-state index contributed by atoms with van der Waals surface area (Å²) < 4.78 is 0. The van der Waals surface area contributed by atoms with Crippen LogP contribution in [0.3, 0.4) is 0 Å². The number of hydrogen-bond acceptors (Lipinski definition) is 4. The molecule has 1 aliphatic rings. The molecule has 2 atom stereocenters. The maximum Gasteiger partial charge on any atom is 0.315 e. The number of nitrogens with zero attached hydrogens (tertiary/aromatic N) is 1. The highest BCUT2D eigenvalue weighted by Crippen LogP contribution is 2.18. The van der Waals surface area contributed by atoms with Gasteiger partial charge < -0.3 is 10.4 Å². The molecule has 0 saturated carbocycles. The molecule has 7 heteroatoms. The van der Waals surface area contributed by atoms with Crippen LogP contribution < -0.4 is 10.7 Å². The van der Waals surface area contributed by atoms with Crippen LogP contribution in [0.15, 0.2) is 29.4 Å². The van der Waals surface area contributed by atoms with Gasteiger partial charge in [0.2, 0.25) is 11.8 Å². The van der Waals surface area contributed by atoms with E-state index in [4.69, 9.17) is 5.11 Å². The highest BCUT2D eigenvalue weighted by Gasteiger charge is 2.22. The molecule has 0 fully saturated rings.